The summed E-state index contributed by atoms with van der Waals surface area (Å²) in [4.78, 5) is 25.9. The second-order valence-electron chi connectivity index (χ2n) is 3.86. The SMILES string of the molecule is O=C(NCc1ccncc1)[C@H]1C[C@H]1C(=O)O. The number of carboxylic acid groups (broad SMARTS) is 1. The second kappa shape index (κ2) is 4.30. The Morgan fingerprint density at radius 1 is 1.38 bits per heavy atom. The van der Waals surface area contributed by atoms with Crippen molar-refractivity contribution in [2.24, 2.45) is 11.8 Å². The highest BCUT2D eigenvalue weighted by atomic mass is 16.4. The molecule has 0 bridgehead atoms. The van der Waals surface area contributed by atoms with Crippen molar-refractivity contribution < 1.29 is 14.7 Å². The smallest absolute Gasteiger partial charge is 0.307 e. The van der Waals surface area contributed by atoms with Gasteiger partial charge in [-0.15, -0.1) is 0 Å². The molecule has 1 amide bonds. The molecule has 1 aromatic rings. The number of carbonyl (C=O) groups excluding carboxylic acids is 1. The lowest BCUT2D eigenvalue weighted by molar-refractivity contribution is -0.140. The molecule has 0 saturated heterocycles. The van der Waals surface area contributed by atoms with Crippen LogP contribution in [0.3, 0.4) is 0 Å². The van der Waals surface area contributed by atoms with Gasteiger partial charge in [-0.2, -0.15) is 0 Å². The van der Waals surface area contributed by atoms with E-state index in [9.17, 15) is 9.59 Å². The first-order valence-electron chi connectivity index (χ1n) is 5.08. The molecule has 16 heavy (non-hydrogen) atoms. The fourth-order valence-corrected chi connectivity index (χ4v) is 1.58. The molecule has 5 nitrogen and oxygen atoms in total. The molecule has 1 aromatic heterocycles. The summed E-state index contributed by atoms with van der Waals surface area (Å²) in [6, 6.07) is 3.61. The van der Waals surface area contributed by atoms with Crippen LogP contribution in [-0.2, 0) is 16.1 Å². The van der Waals surface area contributed by atoms with E-state index in [4.69, 9.17) is 5.11 Å². The van der Waals surface area contributed by atoms with Crippen molar-refractivity contribution in [2.75, 3.05) is 0 Å². The molecule has 0 spiro atoms. The minimum absolute atomic E-state index is 0.177. The lowest BCUT2D eigenvalue weighted by atomic mass is 10.2. The Hall–Kier alpha value is -1.91. The lowest BCUT2D eigenvalue weighted by Crippen LogP contribution is -2.25. The molecular formula is C11H12N2O3. The van der Waals surface area contributed by atoms with Crippen LogP contribution in [0.1, 0.15) is 12.0 Å². The van der Waals surface area contributed by atoms with Gasteiger partial charge in [-0.05, 0) is 24.1 Å². The average molecular weight is 220 g/mol. The fourth-order valence-electron chi connectivity index (χ4n) is 1.58. The van der Waals surface area contributed by atoms with Gasteiger partial charge in [0.05, 0.1) is 11.8 Å². The van der Waals surface area contributed by atoms with Gasteiger partial charge in [-0.25, -0.2) is 0 Å². The lowest BCUT2D eigenvalue weighted by Gasteiger charge is -2.03. The van der Waals surface area contributed by atoms with Gasteiger partial charge in [0, 0.05) is 18.9 Å². The van der Waals surface area contributed by atoms with Gasteiger partial charge in [0.2, 0.25) is 5.91 Å². The monoisotopic (exact) mass is 220 g/mol. The molecule has 0 aliphatic heterocycles. The predicted molar refractivity (Wildman–Crippen MR) is 55.3 cm³/mol. The Bertz CT molecular complexity index is 405. The molecule has 1 saturated carbocycles. The number of carbonyl (C=O) groups is 2. The number of amides is 1. The van der Waals surface area contributed by atoms with Crippen molar-refractivity contribution in [3.8, 4) is 0 Å². The second-order valence-corrected chi connectivity index (χ2v) is 3.86. The number of hydrogen-bond donors (Lipinski definition) is 2. The number of carboxylic acids is 1. The Morgan fingerprint density at radius 3 is 2.62 bits per heavy atom. The molecule has 2 rings (SSSR count). The van der Waals surface area contributed by atoms with Gasteiger partial charge >= 0.3 is 5.97 Å². The van der Waals surface area contributed by atoms with Crippen molar-refractivity contribution >= 4 is 11.9 Å². The summed E-state index contributed by atoms with van der Waals surface area (Å²) in [6.07, 6.45) is 3.76. The molecule has 1 aliphatic carbocycles. The summed E-state index contributed by atoms with van der Waals surface area (Å²) in [5.41, 5.74) is 0.955. The molecule has 1 heterocycles. The first-order valence-corrected chi connectivity index (χ1v) is 5.08. The van der Waals surface area contributed by atoms with Crippen LogP contribution in [0, 0.1) is 11.8 Å². The highest BCUT2D eigenvalue weighted by molar-refractivity contribution is 5.89. The van der Waals surface area contributed by atoms with Gasteiger partial charge in [0.25, 0.3) is 0 Å². The standard InChI is InChI=1S/C11H12N2O3/c14-10(8-5-9(8)11(15)16)13-6-7-1-3-12-4-2-7/h1-4,8-9H,5-6H2,(H,13,14)(H,15,16)/t8-,9+/m0/s1. The summed E-state index contributed by atoms with van der Waals surface area (Å²) >= 11 is 0. The van der Waals surface area contributed by atoms with Crippen LogP contribution in [0.15, 0.2) is 24.5 Å². The molecule has 5 heteroatoms. The number of rotatable bonds is 4. The molecule has 1 fully saturated rings. The van der Waals surface area contributed by atoms with Crippen LogP contribution in [0.5, 0.6) is 0 Å². The van der Waals surface area contributed by atoms with Crippen LogP contribution < -0.4 is 5.32 Å². The van der Waals surface area contributed by atoms with E-state index in [1.165, 1.54) is 0 Å². The number of aromatic nitrogens is 1. The first-order chi connectivity index (χ1) is 7.68. The maximum atomic E-state index is 11.5. The van der Waals surface area contributed by atoms with E-state index in [1.807, 2.05) is 12.1 Å². The van der Waals surface area contributed by atoms with Gasteiger partial charge in [0.1, 0.15) is 0 Å². The van der Waals surface area contributed by atoms with E-state index in [0.29, 0.717) is 13.0 Å². The molecule has 1 aliphatic rings. The fraction of sp³-hybridized carbons (Fsp3) is 0.364. The maximum absolute atomic E-state index is 11.5. The summed E-state index contributed by atoms with van der Waals surface area (Å²) in [5.74, 6) is -1.90. The van der Waals surface area contributed by atoms with Gasteiger partial charge in [-0.1, -0.05) is 0 Å². The predicted octanol–water partition coefficient (Wildman–Crippen LogP) is 0.418. The van der Waals surface area contributed by atoms with Crippen LogP contribution in [-0.4, -0.2) is 22.0 Å². The first kappa shape index (κ1) is 10.6. The minimum Gasteiger partial charge on any atom is -0.481 e. The highest BCUT2D eigenvalue weighted by Crippen LogP contribution is 2.38. The Balaban J connectivity index is 1.80. The third-order valence-corrected chi connectivity index (χ3v) is 2.66. The van der Waals surface area contributed by atoms with Gasteiger partial charge in [-0.3, -0.25) is 14.6 Å². The third-order valence-electron chi connectivity index (χ3n) is 2.66. The number of hydrogen-bond acceptors (Lipinski definition) is 3. The van der Waals surface area contributed by atoms with Crippen LogP contribution >= 0.6 is 0 Å². The average Bonchev–Trinajstić information content (AvgIpc) is 3.07. The largest absolute Gasteiger partial charge is 0.481 e. The van der Waals surface area contributed by atoms with Crippen LogP contribution in [0.2, 0.25) is 0 Å². The Labute approximate surface area is 92.5 Å². The van der Waals surface area contributed by atoms with Crippen molar-refractivity contribution in [2.45, 2.75) is 13.0 Å². The van der Waals surface area contributed by atoms with Crippen molar-refractivity contribution in [3.63, 3.8) is 0 Å². The normalized spacial score (nSPS) is 22.5. The minimum atomic E-state index is -0.885. The number of pyridine rings is 1. The van der Waals surface area contributed by atoms with Crippen LogP contribution in [0.4, 0.5) is 0 Å². The third kappa shape index (κ3) is 2.36. The van der Waals surface area contributed by atoms with Crippen molar-refractivity contribution in [1.82, 2.24) is 10.3 Å². The van der Waals surface area contributed by atoms with Crippen molar-refractivity contribution in [3.05, 3.63) is 30.1 Å². The zero-order valence-electron chi connectivity index (χ0n) is 8.59. The molecule has 2 N–H and O–H groups in total. The zero-order chi connectivity index (χ0) is 11.5. The van der Waals surface area contributed by atoms with Gasteiger partial charge in [0.15, 0.2) is 0 Å². The van der Waals surface area contributed by atoms with E-state index < -0.39 is 11.9 Å². The van der Waals surface area contributed by atoms with Crippen molar-refractivity contribution in [1.29, 1.82) is 0 Å². The summed E-state index contributed by atoms with van der Waals surface area (Å²) in [5, 5.41) is 11.4. The maximum Gasteiger partial charge on any atom is 0.307 e. The quantitative estimate of drug-likeness (QED) is 0.770. The summed E-state index contributed by atoms with van der Waals surface area (Å²) < 4.78 is 0. The van der Waals surface area contributed by atoms with Crippen LogP contribution in [0.25, 0.3) is 0 Å². The number of nitrogens with zero attached hydrogens (tertiary/aromatic N) is 1. The van der Waals surface area contributed by atoms with E-state index in [0.717, 1.165) is 5.56 Å². The Morgan fingerprint density at radius 2 is 2.06 bits per heavy atom. The topological polar surface area (TPSA) is 79.3 Å². The molecule has 2 atom stereocenters. The van der Waals surface area contributed by atoms with E-state index in [1.54, 1.807) is 12.4 Å². The molecule has 0 unspecified atom stereocenters. The summed E-state index contributed by atoms with van der Waals surface area (Å²) in [7, 11) is 0. The van der Waals surface area contributed by atoms with E-state index >= 15 is 0 Å². The molecule has 84 valence electrons. The van der Waals surface area contributed by atoms with Gasteiger partial charge < -0.3 is 10.4 Å². The number of aliphatic carboxylic acids is 1. The highest BCUT2D eigenvalue weighted by Gasteiger charge is 2.48. The molecular weight excluding hydrogens is 208 g/mol. The molecule has 0 radical (unpaired) electrons. The van der Waals surface area contributed by atoms with E-state index in [-0.39, 0.29) is 11.8 Å². The molecule has 0 aromatic carbocycles. The Kier molecular flexibility index (Phi) is 2.85. The number of nitrogens with one attached hydrogen (secondary N) is 1. The summed E-state index contributed by atoms with van der Waals surface area (Å²) in [6.45, 7) is 0.421. The van der Waals surface area contributed by atoms with E-state index in [2.05, 4.69) is 10.3 Å². The zero-order valence-corrected chi connectivity index (χ0v) is 8.59.